The van der Waals surface area contributed by atoms with Crippen LogP contribution in [-0.4, -0.2) is 19.1 Å². The fourth-order valence-corrected chi connectivity index (χ4v) is 0.355. The van der Waals surface area contributed by atoms with Gasteiger partial charge in [-0.05, 0) is 12.2 Å². The van der Waals surface area contributed by atoms with Crippen molar-refractivity contribution in [2.75, 3.05) is 7.05 Å². The van der Waals surface area contributed by atoms with Gasteiger partial charge in [0.2, 0.25) is 0 Å². The summed E-state index contributed by atoms with van der Waals surface area (Å²) in [6.07, 6.45) is -2.57. The van der Waals surface area contributed by atoms with Crippen molar-refractivity contribution in [1.29, 1.82) is 0 Å². The number of nitrogens with two attached hydrogens (primary N) is 1. The van der Waals surface area contributed by atoms with Crippen molar-refractivity contribution in [2.24, 2.45) is 10.7 Å². The smallest absolute Gasteiger partial charge is 0.384 e. The molecule has 0 radical (unpaired) electrons. The Balaban J connectivity index is 4.29. The molecule has 0 saturated carbocycles. The molecule has 0 aliphatic heterocycles. The van der Waals surface area contributed by atoms with Crippen LogP contribution in [0.15, 0.2) is 29.3 Å². The first-order chi connectivity index (χ1) is 5.38. The van der Waals surface area contributed by atoms with Crippen LogP contribution in [0.4, 0.5) is 13.2 Å². The van der Waals surface area contributed by atoms with E-state index in [0.29, 0.717) is 0 Å². The Hall–Kier alpha value is -1.26. The molecule has 0 rings (SSSR count). The minimum Gasteiger partial charge on any atom is -0.384 e. The molecule has 0 amide bonds. The van der Waals surface area contributed by atoms with E-state index in [1.807, 2.05) is 0 Å². The van der Waals surface area contributed by atoms with Gasteiger partial charge in [-0.25, -0.2) is 0 Å². The van der Waals surface area contributed by atoms with Crippen LogP contribution in [0.5, 0.6) is 0 Å². The van der Waals surface area contributed by atoms with Gasteiger partial charge in [0, 0.05) is 12.6 Å². The monoisotopic (exact) mass is 178 g/mol. The predicted octanol–water partition coefficient (Wildman–Crippen LogP) is 1.65. The quantitative estimate of drug-likeness (QED) is 0.389. The summed E-state index contributed by atoms with van der Waals surface area (Å²) in [5.41, 5.74) is 4.17. The van der Waals surface area contributed by atoms with E-state index in [-0.39, 0.29) is 5.84 Å². The number of alkyl halides is 3. The molecule has 0 bridgehead atoms. The number of allylic oxidation sites excluding steroid dienone is 2. The van der Waals surface area contributed by atoms with Crippen molar-refractivity contribution in [3.63, 3.8) is 0 Å². The fourth-order valence-electron chi connectivity index (χ4n) is 0.355. The molecule has 0 fully saturated rings. The van der Waals surface area contributed by atoms with E-state index in [0.717, 1.165) is 12.2 Å². The third kappa shape index (κ3) is 3.80. The number of hydrogen-bond donors (Lipinski definition) is 1. The molecule has 0 spiro atoms. The average Bonchev–Trinajstić information content (AvgIpc) is 1.97. The van der Waals surface area contributed by atoms with Gasteiger partial charge < -0.3 is 5.73 Å². The molecule has 0 aliphatic rings. The van der Waals surface area contributed by atoms with Crippen LogP contribution < -0.4 is 5.73 Å². The van der Waals surface area contributed by atoms with Gasteiger partial charge in [-0.1, -0.05) is 6.58 Å². The van der Waals surface area contributed by atoms with Crippen molar-refractivity contribution in [2.45, 2.75) is 6.18 Å². The van der Waals surface area contributed by atoms with Gasteiger partial charge in [-0.2, -0.15) is 13.2 Å². The van der Waals surface area contributed by atoms with E-state index in [1.54, 1.807) is 0 Å². The molecule has 0 saturated heterocycles. The standard InChI is InChI=1S/C7H9F3N2/c1-5(7(8,9)10)3-4-6(11)12-2/h3-4H,1H2,2H3,(H2,11,12)/b4-3-. The summed E-state index contributed by atoms with van der Waals surface area (Å²) >= 11 is 0. The zero-order valence-corrected chi connectivity index (χ0v) is 6.52. The topological polar surface area (TPSA) is 38.4 Å². The summed E-state index contributed by atoms with van der Waals surface area (Å²) in [5.74, 6) is 0.0281. The molecule has 0 aromatic heterocycles. The summed E-state index contributed by atoms with van der Waals surface area (Å²) in [7, 11) is 1.38. The van der Waals surface area contributed by atoms with Gasteiger partial charge in [-0.3, -0.25) is 4.99 Å². The number of halogens is 3. The van der Waals surface area contributed by atoms with Gasteiger partial charge in [0.15, 0.2) is 0 Å². The summed E-state index contributed by atoms with van der Waals surface area (Å²) in [4.78, 5) is 3.44. The lowest BCUT2D eigenvalue weighted by Gasteiger charge is -2.03. The second-order valence-corrected chi connectivity index (χ2v) is 2.00. The van der Waals surface area contributed by atoms with Crippen LogP contribution in [0.3, 0.4) is 0 Å². The first kappa shape index (κ1) is 10.7. The molecule has 0 atom stereocenters. The van der Waals surface area contributed by atoms with Crippen molar-refractivity contribution in [3.05, 3.63) is 24.3 Å². The zero-order valence-electron chi connectivity index (χ0n) is 6.52. The summed E-state index contributed by atoms with van der Waals surface area (Å²) in [6, 6.07) is 0. The van der Waals surface area contributed by atoms with Crippen LogP contribution in [0.25, 0.3) is 0 Å². The van der Waals surface area contributed by atoms with Crippen LogP contribution >= 0.6 is 0 Å². The van der Waals surface area contributed by atoms with Crippen molar-refractivity contribution < 1.29 is 13.2 Å². The Bertz CT molecular complexity index is 225. The van der Waals surface area contributed by atoms with Crippen LogP contribution in [-0.2, 0) is 0 Å². The van der Waals surface area contributed by atoms with Gasteiger partial charge in [0.25, 0.3) is 0 Å². The second kappa shape index (κ2) is 3.94. The molecule has 2 N–H and O–H groups in total. The van der Waals surface area contributed by atoms with Gasteiger partial charge >= 0.3 is 6.18 Å². The first-order valence-electron chi connectivity index (χ1n) is 3.04. The largest absolute Gasteiger partial charge is 0.415 e. The number of nitrogens with zero attached hydrogens (tertiary/aromatic N) is 1. The van der Waals surface area contributed by atoms with Crippen LogP contribution in [0, 0.1) is 0 Å². The molecule has 5 heteroatoms. The number of amidine groups is 1. The van der Waals surface area contributed by atoms with E-state index in [9.17, 15) is 13.2 Å². The second-order valence-electron chi connectivity index (χ2n) is 2.00. The van der Waals surface area contributed by atoms with Crippen molar-refractivity contribution in [3.8, 4) is 0 Å². The van der Waals surface area contributed by atoms with Crippen LogP contribution in [0.2, 0.25) is 0 Å². The fraction of sp³-hybridized carbons (Fsp3) is 0.286. The highest BCUT2D eigenvalue weighted by atomic mass is 19.4. The van der Waals surface area contributed by atoms with E-state index in [2.05, 4.69) is 11.6 Å². The highest BCUT2D eigenvalue weighted by Gasteiger charge is 2.29. The Kier molecular flexibility index (Phi) is 3.53. The Morgan fingerprint density at radius 3 is 2.25 bits per heavy atom. The van der Waals surface area contributed by atoms with E-state index in [1.165, 1.54) is 7.05 Å². The Morgan fingerprint density at radius 2 is 1.92 bits per heavy atom. The van der Waals surface area contributed by atoms with Crippen molar-refractivity contribution >= 4 is 5.84 Å². The molecule has 0 aliphatic carbocycles. The summed E-state index contributed by atoms with van der Waals surface area (Å²) < 4.78 is 35.3. The SMILES string of the molecule is C=C(/C=C\C(N)=NC)C(F)(F)F. The molecular weight excluding hydrogens is 169 g/mol. The molecular formula is C7H9F3N2. The van der Waals surface area contributed by atoms with Gasteiger partial charge in [-0.15, -0.1) is 0 Å². The minimum atomic E-state index is -4.40. The van der Waals surface area contributed by atoms with Crippen LogP contribution in [0.1, 0.15) is 0 Å². The van der Waals surface area contributed by atoms with E-state index >= 15 is 0 Å². The molecule has 68 valence electrons. The number of rotatable bonds is 2. The van der Waals surface area contributed by atoms with Crippen molar-refractivity contribution in [1.82, 2.24) is 0 Å². The highest BCUT2D eigenvalue weighted by molar-refractivity contribution is 5.91. The minimum absolute atomic E-state index is 0.0281. The lowest BCUT2D eigenvalue weighted by atomic mass is 10.2. The molecule has 12 heavy (non-hydrogen) atoms. The van der Waals surface area contributed by atoms with E-state index in [4.69, 9.17) is 5.73 Å². The third-order valence-electron chi connectivity index (χ3n) is 1.08. The predicted molar refractivity (Wildman–Crippen MR) is 41.9 cm³/mol. The maximum absolute atomic E-state index is 11.8. The molecule has 0 heterocycles. The Labute approximate surface area is 68.3 Å². The lowest BCUT2D eigenvalue weighted by molar-refractivity contribution is -0.0877. The number of aliphatic imine (C=N–C) groups is 1. The Morgan fingerprint density at radius 1 is 1.42 bits per heavy atom. The van der Waals surface area contributed by atoms with Gasteiger partial charge in [0.1, 0.15) is 5.84 Å². The zero-order chi connectivity index (χ0) is 9.78. The summed E-state index contributed by atoms with van der Waals surface area (Å²) in [5, 5.41) is 0. The maximum Gasteiger partial charge on any atom is 0.415 e. The first-order valence-corrected chi connectivity index (χ1v) is 3.04. The molecule has 2 nitrogen and oxygen atoms in total. The lowest BCUT2D eigenvalue weighted by Crippen LogP contribution is -2.11. The molecule has 0 unspecified atom stereocenters. The number of hydrogen-bond acceptors (Lipinski definition) is 1. The van der Waals surface area contributed by atoms with E-state index < -0.39 is 11.7 Å². The normalized spacial score (nSPS) is 13.8. The highest BCUT2D eigenvalue weighted by Crippen LogP contribution is 2.24. The third-order valence-corrected chi connectivity index (χ3v) is 1.08. The maximum atomic E-state index is 11.8. The average molecular weight is 178 g/mol. The molecule has 0 aromatic carbocycles. The molecule has 0 aromatic rings. The van der Waals surface area contributed by atoms with Gasteiger partial charge in [0.05, 0.1) is 0 Å². The summed E-state index contributed by atoms with van der Waals surface area (Å²) in [6.45, 7) is 2.81.